The van der Waals surface area contributed by atoms with Crippen molar-refractivity contribution in [2.75, 3.05) is 7.11 Å². The minimum absolute atomic E-state index is 0.141. The van der Waals surface area contributed by atoms with Gasteiger partial charge in [-0.05, 0) is 42.0 Å². The third-order valence-corrected chi connectivity index (χ3v) is 5.34. The molecule has 0 spiro atoms. The molecule has 1 aromatic heterocycles. The first-order valence-electron chi connectivity index (χ1n) is 7.99. The van der Waals surface area contributed by atoms with Gasteiger partial charge in [-0.15, -0.1) is 10.2 Å². The fraction of sp³-hybridized carbons (Fsp3) is 0.222. The van der Waals surface area contributed by atoms with Crippen LogP contribution in [0.25, 0.3) is 0 Å². The molecule has 0 N–H and O–H groups in total. The molecule has 1 heterocycles. The van der Waals surface area contributed by atoms with Crippen LogP contribution in [0.2, 0.25) is 5.02 Å². The zero-order valence-electron chi connectivity index (χ0n) is 14.6. The fourth-order valence-electron chi connectivity index (χ4n) is 2.17. The van der Waals surface area contributed by atoms with E-state index in [1.54, 1.807) is 42.5 Å². The Morgan fingerprint density at radius 1 is 1.14 bits per heavy atom. The second-order valence-corrected chi connectivity index (χ2v) is 7.75. The van der Waals surface area contributed by atoms with E-state index in [2.05, 4.69) is 10.2 Å². The van der Waals surface area contributed by atoms with Crippen molar-refractivity contribution in [1.82, 2.24) is 10.2 Å². The minimum Gasteiger partial charge on any atom is -0.496 e. The van der Waals surface area contributed by atoms with E-state index in [4.69, 9.17) is 25.5 Å². The van der Waals surface area contributed by atoms with E-state index in [0.29, 0.717) is 50.0 Å². The number of nitrogens with zero attached hydrogens (tertiary/aromatic N) is 2. The Hall–Kier alpha value is -1.97. The van der Waals surface area contributed by atoms with Gasteiger partial charge in [-0.1, -0.05) is 41.2 Å². The molecule has 0 saturated heterocycles. The second-order valence-electron chi connectivity index (χ2n) is 5.36. The van der Waals surface area contributed by atoms with Crippen LogP contribution >= 0.6 is 35.1 Å². The van der Waals surface area contributed by atoms with Gasteiger partial charge in [0.1, 0.15) is 11.5 Å². The van der Waals surface area contributed by atoms with Gasteiger partial charge in [0.15, 0.2) is 6.61 Å². The van der Waals surface area contributed by atoms with Gasteiger partial charge < -0.3 is 13.9 Å². The molecule has 0 unspecified atom stereocenters. The largest absolute Gasteiger partial charge is 0.496 e. The van der Waals surface area contributed by atoms with Crippen LogP contribution in [0.15, 0.2) is 57.0 Å². The summed E-state index contributed by atoms with van der Waals surface area (Å²) in [7, 11) is 1.45. The molecule has 2 aromatic carbocycles. The van der Waals surface area contributed by atoms with E-state index in [1.165, 1.54) is 18.9 Å². The van der Waals surface area contributed by atoms with Crippen LogP contribution in [0, 0.1) is 0 Å². The molecule has 10 heteroatoms. The zero-order chi connectivity index (χ0) is 19.9. The molecule has 0 bridgehead atoms. The topological polar surface area (TPSA) is 57.4 Å². The first-order valence-corrected chi connectivity index (χ1v) is 10.2. The van der Waals surface area contributed by atoms with E-state index in [0.717, 1.165) is 5.56 Å². The summed E-state index contributed by atoms with van der Waals surface area (Å²) in [6.07, 6.45) is 0. The lowest BCUT2D eigenvalue weighted by molar-refractivity contribution is 0.251. The maximum absolute atomic E-state index is 12.6. The number of aromatic nitrogens is 2. The van der Waals surface area contributed by atoms with Crippen LogP contribution < -0.4 is 9.47 Å². The summed E-state index contributed by atoms with van der Waals surface area (Å²) in [5.41, 5.74) is 0.887. The van der Waals surface area contributed by atoms with Crippen molar-refractivity contribution in [3.8, 4) is 11.5 Å². The Balaban J connectivity index is 1.54. The van der Waals surface area contributed by atoms with E-state index in [9.17, 15) is 8.78 Å². The summed E-state index contributed by atoms with van der Waals surface area (Å²) in [6.45, 7) is 0.141. The number of hydrogen-bond acceptors (Lipinski definition) is 7. The zero-order valence-corrected chi connectivity index (χ0v) is 17.0. The van der Waals surface area contributed by atoms with E-state index < -0.39 is 5.76 Å². The summed E-state index contributed by atoms with van der Waals surface area (Å²) >= 11 is 7.61. The van der Waals surface area contributed by atoms with E-state index >= 15 is 0 Å². The molecule has 0 atom stereocenters. The molecule has 0 aliphatic carbocycles. The number of halogens is 3. The highest BCUT2D eigenvalue weighted by Gasteiger charge is 2.13. The molecule has 3 aromatic rings. The molecule has 5 nitrogen and oxygen atoms in total. The van der Waals surface area contributed by atoms with Crippen LogP contribution in [-0.2, 0) is 12.4 Å². The summed E-state index contributed by atoms with van der Waals surface area (Å²) in [4.78, 5) is 0.394. The summed E-state index contributed by atoms with van der Waals surface area (Å²) in [6, 6.07) is 12.1. The lowest BCUT2D eigenvalue weighted by Gasteiger charge is -2.09. The first kappa shape index (κ1) is 20.8. The molecular formula is C18H15ClF2N2O3S2. The maximum Gasteiger partial charge on any atom is 0.289 e. The number of alkyl halides is 2. The standard InChI is InChI=1S/C18H15ClF2N2O3S2/c1-24-14-8-11(2-7-15(14)28-17(20)21)10-27-18-23-22-16(26-18)9-25-13-5-3-12(19)4-6-13/h2-8,17H,9-10H2,1H3. The van der Waals surface area contributed by atoms with Gasteiger partial charge in [0.2, 0.25) is 0 Å². The van der Waals surface area contributed by atoms with Crippen LogP contribution in [0.5, 0.6) is 11.5 Å². The SMILES string of the molecule is COc1cc(CSc2nnc(COc3ccc(Cl)cc3)o2)ccc1SC(F)F. The summed E-state index contributed by atoms with van der Waals surface area (Å²) in [5, 5.41) is 8.92. The van der Waals surface area contributed by atoms with Crippen molar-refractivity contribution in [1.29, 1.82) is 0 Å². The third kappa shape index (κ3) is 6.02. The van der Waals surface area contributed by atoms with Crippen LogP contribution in [0.3, 0.4) is 0 Å². The van der Waals surface area contributed by atoms with Crippen molar-refractivity contribution in [2.45, 2.75) is 28.2 Å². The number of thioether (sulfide) groups is 2. The van der Waals surface area contributed by atoms with Crippen LogP contribution in [-0.4, -0.2) is 23.1 Å². The number of ether oxygens (including phenoxy) is 2. The highest BCUT2D eigenvalue weighted by atomic mass is 35.5. The molecule has 0 radical (unpaired) electrons. The van der Waals surface area contributed by atoms with Crippen molar-refractivity contribution in [3.05, 3.63) is 58.9 Å². The molecule has 148 valence electrons. The smallest absolute Gasteiger partial charge is 0.289 e. The van der Waals surface area contributed by atoms with Gasteiger partial charge in [-0.2, -0.15) is 8.78 Å². The average Bonchev–Trinajstić information content (AvgIpc) is 3.14. The van der Waals surface area contributed by atoms with Gasteiger partial charge in [0.25, 0.3) is 16.9 Å². The van der Waals surface area contributed by atoms with Gasteiger partial charge in [0.05, 0.1) is 12.0 Å². The highest BCUT2D eigenvalue weighted by molar-refractivity contribution is 7.99. The minimum atomic E-state index is -2.50. The van der Waals surface area contributed by atoms with Gasteiger partial charge >= 0.3 is 0 Å². The van der Waals surface area contributed by atoms with Gasteiger partial charge in [-0.3, -0.25) is 0 Å². The summed E-state index contributed by atoms with van der Waals surface area (Å²) in [5.74, 6) is -0.577. The predicted molar refractivity (Wildman–Crippen MR) is 104 cm³/mol. The molecule has 0 fully saturated rings. The Morgan fingerprint density at radius 3 is 2.64 bits per heavy atom. The summed E-state index contributed by atoms with van der Waals surface area (Å²) < 4.78 is 41.4. The Bertz CT molecular complexity index is 910. The number of rotatable bonds is 9. The quantitative estimate of drug-likeness (QED) is 0.380. The normalized spacial score (nSPS) is 11.0. The van der Waals surface area contributed by atoms with Crippen molar-refractivity contribution >= 4 is 35.1 Å². The average molecular weight is 445 g/mol. The van der Waals surface area contributed by atoms with Crippen molar-refractivity contribution in [2.24, 2.45) is 0 Å². The van der Waals surface area contributed by atoms with Crippen molar-refractivity contribution < 1.29 is 22.7 Å². The Labute approximate surface area is 173 Å². The maximum atomic E-state index is 12.6. The van der Waals surface area contributed by atoms with Gasteiger partial charge in [-0.25, -0.2) is 0 Å². The Kier molecular flexibility index (Phi) is 7.41. The number of methoxy groups -OCH3 is 1. The molecular weight excluding hydrogens is 430 g/mol. The molecule has 3 rings (SSSR count). The lowest BCUT2D eigenvalue weighted by atomic mass is 10.2. The Morgan fingerprint density at radius 2 is 1.93 bits per heavy atom. The molecule has 28 heavy (non-hydrogen) atoms. The number of benzene rings is 2. The van der Waals surface area contributed by atoms with Crippen LogP contribution in [0.4, 0.5) is 8.78 Å². The predicted octanol–water partition coefficient (Wildman–Crippen LogP) is 5.92. The lowest BCUT2D eigenvalue weighted by Crippen LogP contribution is -1.95. The highest BCUT2D eigenvalue weighted by Crippen LogP contribution is 2.35. The monoisotopic (exact) mass is 444 g/mol. The number of hydrogen-bond donors (Lipinski definition) is 0. The fourth-order valence-corrected chi connectivity index (χ4v) is 3.62. The van der Waals surface area contributed by atoms with E-state index in [-0.39, 0.29) is 6.61 Å². The molecule has 0 amide bonds. The van der Waals surface area contributed by atoms with Crippen molar-refractivity contribution in [3.63, 3.8) is 0 Å². The molecule has 0 saturated carbocycles. The molecule has 0 aliphatic heterocycles. The van der Waals surface area contributed by atoms with Gasteiger partial charge in [0, 0.05) is 10.8 Å². The second kappa shape index (κ2) is 9.99. The third-order valence-electron chi connectivity index (χ3n) is 3.43. The molecule has 0 aliphatic rings. The van der Waals surface area contributed by atoms with Crippen LogP contribution in [0.1, 0.15) is 11.5 Å². The van der Waals surface area contributed by atoms with E-state index in [1.807, 2.05) is 0 Å². The first-order chi connectivity index (χ1) is 13.5.